The van der Waals surface area contributed by atoms with Crippen LogP contribution in [0.4, 0.5) is 11.5 Å². The number of hydrogen-bond donors (Lipinski definition) is 2. The van der Waals surface area contributed by atoms with Crippen LogP contribution in [0.15, 0.2) is 36.5 Å². The van der Waals surface area contributed by atoms with Crippen molar-refractivity contribution in [2.24, 2.45) is 0 Å². The van der Waals surface area contributed by atoms with Crippen LogP contribution in [0.25, 0.3) is 0 Å². The molecule has 1 aromatic heterocycles. The van der Waals surface area contributed by atoms with Crippen LogP contribution in [-0.4, -0.2) is 18.0 Å². The number of amides is 1. The summed E-state index contributed by atoms with van der Waals surface area (Å²) in [6.45, 7) is 1.90. The molecule has 19 heavy (non-hydrogen) atoms. The highest BCUT2D eigenvalue weighted by molar-refractivity contribution is 6.04. The van der Waals surface area contributed by atoms with E-state index in [1.54, 1.807) is 31.4 Å². The maximum atomic E-state index is 12.0. The lowest BCUT2D eigenvalue weighted by molar-refractivity contribution is 0.102. The quantitative estimate of drug-likeness (QED) is 0.884. The number of aryl methyl sites for hydroxylation is 1. The Morgan fingerprint density at radius 3 is 2.68 bits per heavy atom. The van der Waals surface area contributed by atoms with Crippen LogP contribution in [0.3, 0.4) is 0 Å². The van der Waals surface area contributed by atoms with E-state index in [9.17, 15) is 4.79 Å². The Balaban J connectivity index is 2.17. The van der Waals surface area contributed by atoms with Gasteiger partial charge in [-0.1, -0.05) is 0 Å². The lowest BCUT2D eigenvalue weighted by Gasteiger charge is -2.09. The molecule has 5 heteroatoms. The standard InChI is InChI=1S/C14H15N3O2/c1-9-7-11(19-2)4-5-12(9)17-14(18)10-3-6-13(15)16-8-10/h3-8H,1-2H3,(H2,15,16)(H,17,18). The van der Waals surface area contributed by atoms with Crippen molar-refractivity contribution in [1.29, 1.82) is 0 Å². The predicted molar refractivity (Wildman–Crippen MR) is 74.3 cm³/mol. The first-order valence-corrected chi connectivity index (χ1v) is 5.77. The molecule has 2 aromatic rings. The lowest BCUT2D eigenvalue weighted by Crippen LogP contribution is -2.13. The normalized spacial score (nSPS) is 10.0. The van der Waals surface area contributed by atoms with Crippen LogP contribution in [0.1, 0.15) is 15.9 Å². The van der Waals surface area contributed by atoms with Gasteiger partial charge in [-0.05, 0) is 42.8 Å². The number of benzene rings is 1. The third kappa shape index (κ3) is 3.01. The van der Waals surface area contributed by atoms with E-state index in [1.807, 2.05) is 13.0 Å². The number of nitrogens with zero attached hydrogens (tertiary/aromatic N) is 1. The summed E-state index contributed by atoms with van der Waals surface area (Å²) >= 11 is 0. The van der Waals surface area contributed by atoms with Gasteiger partial charge in [-0.15, -0.1) is 0 Å². The van der Waals surface area contributed by atoms with Crippen molar-refractivity contribution in [3.05, 3.63) is 47.7 Å². The first kappa shape index (κ1) is 12.9. The number of nitrogens with two attached hydrogens (primary N) is 1. The average molecular weight is 257 g/mol. The van der Waals surface area contributed by atoms with Gasteiger partial charge in [-0.25, -0.2) is 4.98 Å². The number of nitrogen functional groups attached to an aromatic ring is 1. The Labute approximate surface area is 111 Å². The van der Waals surface area contributed by atoms with Crippen LogP contribution < -0.4 is 15.8 Å². The second-order valence-corrected chi connectivity index (χ2v) is 4.11. The maximum Gasteiger partial charge on any atom is 0.257 e. The summed E-state index contributed by atoms with van der Waals surface area (Å²) in [6.07, 6.45) is 1.45. The smallest absolute Gasteiger partial charge is 0.257 e. The highest BCUT2D eigenvalue weighted by Gasteiger charge is 2.08. The molecular formula is C14H15N3O2. The van der Waals surface area contributed by atoms with E-state index in [4.69, 9.17) is 10.5 Å². The van der Waals surface area contributed by atoms with Gasteiger partial charge < -0.3 is 15.8 Å². The Morgan fingerprint density at radius 2 is 2.11 bits per heavy atom. The minimum atomic E-state index is -0.222. The fraction of sp³-hybridized carbons (Fsp3) is 0.143. The summed E-state index contributed by atoms with van der Waals surface area (Å²) < 4.78 is 5.12. The second kappa shape index (κ2) is 5.39. The number of anilines is 2. The third-order valence-electron chi connectivity index (χ3n) is 2.73. The monoisotopic (exact) mass is 257 g/mol. The molecule has 5 nitrogen and oxygen atoms in total. The Morgan fingerprint density at radius 1 is 1.32 bits per heavy atom. The molecule has 1 aromatic carbocycles. The average Bonchev–Trinajstić information content (AvgIpc) is 2.41. The van der Waals surface area contributed by atoms with Crippen molar-refractivity contribution in [3.8, 4) is 5.75 Å². The van der Waals surface area contributed by atoms with Crippen LogP contribution in [0.2, 0.25) is 0 Å². The topological polar surface area (TPSA) is 77.2 Å². The molecule has 0 saturated heterocycles. The van der Waals surface area contributed by atoms with Crippen LogP contribution >= 0.6 is 0 Å². The molecule has 2 rings (SSSR count). The molecule has 0 radical (unpaired) electrons. The van der Waals surface area contributed by atoms with Gasteiger partial charge in [-0.2, -0.15) is 0 Å². The summed E-state index contributed by atoms with van der Waals surface area (Å²) in [5.41, 5.74) is 7.61. The van der Waals surface area contributed by atoms with E-state index in [2.05, 4.69) is 10.3 Å². The molecule has 3 N–H and O–H groups in total. The minimum Gasteiger partial charge on any atom is -0.497 e. The van der Waals surface area contributed by atoms with Gasteiger partial charge in [0.1, 0.15) is 11.6 Å². The molecular weight excluding hydrogens is 242 g/mol. The number of carbonyl (C=O) groups excluding carboxylic acids is 1. The van der Waals surface area contributed by atoms with E-state index >= 15 is 0 Å². The van der Waals surface area contributed by atoms with Crippen molar-refractivity contribution in [1.82, 2.24) is 4.98 Å². The zero-order chi connectivity index (χ0) is 13.8. The summed E-state index contributed by atoms with van der Waals surface area (Å²) in [4.78, 5) is 15.9. The summed E-state index contributed by atoms with van der Waals surface area (Å²) in [5, 5.41) is 2.82. The van der Waals surface area contributed by atoms with E-state index in [1.165, 1.54) is 6.20 Å². The molecule has 1 amide bonds. The summed E-state index contributed by atoms with van der Waals surface area (Å²) in [7, 11) is 1.60. The molecule has 98 valence electrons. The van der Waals surface area contributed by atoms with Crippen LogP contribution in [0.5, 0.6) is 5.75 Å². The minimum absolute atomic E-state index is 0.222. The molecule has 0 fully saturated rings. The van der Waals surface area contributed by atoms with Crippen LogP contribution in [-0.2, 0) is 0 Å². The van der Waals surface area contributed by atoms with Gasteiger partial charge in [0.2, 0.25) is 0 Å². The Bertz CT molecular complexity index is 594. The van der Waals surface area contributed by atoms with Crippen molar-refractivity contribution in [3.63, 3.8) is 0 Å². The van der Waals surface area contributed by atoms with Gasteiger partial charge in [0.05, 0.1) is 12.7 Å². The maximum absolute atomic E-state index is 12.0. The largest absolute Gasteiger partial charge is 0.497 e. The van der Waals surface area contributed by atoms with Crippen molar-refractivity contribution in [2.75, 3.05) is 18.2 Å². The Hall–Kier alpha value is -2.56. The lowest BCUT2D eigenvalue weighted by atomic mass is 10.1. The number of hydrogen-bond acceptors (Lipinski definition) is 4. The number of carbonyl (C=O) groups is 1. The summed E-state index contributed by atoms with van der Waals surface area (Å²) in [6, 6.07) is 8.68. The van der Waals surface area contributed by atoms with Crippen LogP contribution in [0, 0.1) is 6.92 Å². The fourth-order valence-electron chi connectivity index (χ4n) is 1.64. The first-order chi connectivity index (χ1) is 9.10. The number of ether oxygens (including phenoxy) is 1. The number of nitrogens with one attached hydrogen (secondary N) is 1. The second-order valence-electron chi connectivity index (χ2n) is 4.11. The number of pyridine rings is 1. The van der Waals surface area contributed by atoms with Crippen molar-refractivity contribution >= 4 is 17.4 Å². The zero-order valence-corrected chi connectivity index (χ0v) is 10.8. The van der Waals surface area contributed by atoms with Crippen molar-refractivity contribution in [2.45, 2.75) is 6.92 Å². The predicted octanol–water partition coefficient (Wildman–Crippen LogP) is 2.23. The van der Waals surface area contributed by atoms with Crippen molar-refractivity contribution < 1.29 is 9.53 Å². The van der Waals surface area contributed by atoms with Gasteiger partial charge in [0.25, 0.3) is 5.91 Å². The zero-order valence-electron chi connectivity index (χ0n) is 10.8. The highest BCUT2D eigenvalue weighted by atomic mass is 16.5. The van der Waals surface area contributed by atoms with Gasteiger partial charge in [-0.3, -0.25) is 4.79 Å². The number of methoxy groups -OCH3 is 1. The molecule has 0 aliphatic carbocycles. The molecule has 0 atom stereocenters. The Kier molecular flexibility index (Phi) is 3.66. The molecule has 0 spiro atoms. The van der Waals surface area contributed by atoms with Gasteiger partial charge in [0, 0.05) is 11.9 Å². The first-order valence-electron chi connectivity index (χ1n) is 5.77. The molecule has 1 heterocycles. The molecule has 0 bridgehead atoms. The van der Waals surface area contributed by atoms with E-state index in [-0.39, 0.29) is 5.91 Å². The number of aromatic nitrogens is 1. The third-order valence-corrected chi connectivity index (χ3v) is 2.73. The molecule has 0 aliphatic heterocycles. The fourth-order valence-corrected chi connectivity index (χ4v) is 1.64. The van der Waals surface area contributed by atoms with E-state index in [0.717, 1.165) is 17.0 Å². The highest BCUT2D eigenvalue weighted by Crippen LogP contribution is 2.21. The van der Waals surface area contributed by atoms with Gasteiger partial charge in [0.15, 0.2) is 0 Å². The molecule has 0 saturated carbocycles. The summed E-state index contributed by atoms with van der Waals surface area (Å²) in [5.74, 6) is 0.919. The molecule has 0 unspecified atom stereocenters. The van der Waals surface area contributed by atoms with E-state index < -0.39 is 0 Å². The van der Waals surface area contributed by atoms with Gasteiger partial charge >= 0.3 is 0 Å². The van der Waals surface area contributed by atoms with E-state index in [0.29, 0.717) is 11.4 Å². The molecule has 0 aliphatic rings. The SMILES string of the molecule is COc1ccc(NC(=O)c2ccc(N)nc2)c(C)c1. The number of rotatable bonds is 3.